The van der Waals surface area contributed by atoms with Crippen LogP contribution in [0.15, 0.2) is 6.20 Å². The number of aliphatic hydroxyl groups is 1. The maximum atomic E-state index is 10.4. The zero-order valence-corrected chi connectivity index (χ0v) is 12.4. The summed E-state index contributed by atoms with van der Waals surface area (Å²) in [6.45, 7) is 1.99. The minimum atomic E-state index is -4.19. The van der Waals surface area contributed by atoms with Gasteiger partial charge < -0.3 is 20.1 Å². The van der Waals surface area contributed by atoms with E-state index in [9.17, 15) is 18.1 Å². The second kappa shape index (κ2) is 8.62. The van der Waals surface area contributed by atoms with Gasteiger partial charge in [-0.3, -0.25) is 4.98 Å². The predicted octanol–water partition coefficient (Wildman–Crippen LogP) is -3.38. The van der Waals surface area contributed by atoms with Crippen LogP contribution < -0.4 is 24.2 Å². The van der Waals surface area contributed by atoms with Gasteiger partial charge in [0.05, 0.1) is 22.4 Å². The van der Waals surface area contributed by atoms with Crippen molar-refractivity contribution in [3.05, 3.63) is 23.0 Å². The van der Waals surface area contributed by atoms with E-state index in [-0.39, 0.29) is 44.2 Å². The average Bonchev–Trinajstić information content (AvgIpc) is 2.32. The number of hydrogen-bond donors (Lipinski definition) is 3. The largest absolute Gasteiger partial charge is 1.00 e. The van der Waals surface area contributed by atoms with Crippen molar-refractivity contribution in [1.29, 1.82) is 0 Å². The van der Waals surface area contributed by atoms with Crippen LogP contribution in [0.3, 0.4) is 0 Å². The van der Waals surface area contributed by atoms with Gasteiger partial charge in [-0.05, 0) is 19.9 Å². The van der Waals surface area contributed by atoms with Crippen LogP contribution in [-0.4, -0.2) is 40.5 Å². The maximum Gasteiger partial charge on any atom is 1.00 e. The number of aromatic nitrogens is 1. The minimum Gasteiger partial charge on any atom is -0.748 e. The van der Waals surface area contributed by atoms with Crippen molar-refractivity contribution in [3.8, 4) is 5.75 Å². The molecule has 108 valence electrons. The maximum absolute atomic E-state index is 10.4. The molecule has 0 fully saturated rings. The molecule has 3 N–H and O–H groups in total. The zero-order chi connectivity index (χ0) is 14.5. The van der Waals surface area contributed by atoms with Crippen LogP contribution in [0.4, 0.5) is 0 Å². The van der Waals surface area contributed by atoms with Crippen molar-refractivity contribution in [3.63, 3.8) is 0 Å². The van der Waals surface area contributed by atoms with Crippen LogP contribution >= 0.6 is 0 Å². The first kappa shape index (κ1) is 19.4. The van der Waals surface area contributed by atoms with Crippen LogP contribution in [0.1, 0.15) is 23.2 Å². The van der Waals surface area contributed by atoms with Crippen molar-refractivity contribution < 1.29 is 42.0 Å². The molecule has 1 rings (SSSR count). The van der Waals surface area contributed by atoms with Gasteiger partial charge in [-0.2, -0.15) is 0 Å². The summed E-state index contributed by atoms with van der Waals surface area (Å²) >= 11 is 0. The van der Waals surface area contributed by atoms with Gasteiger partial charge in [-0.1, -0.05) is 0 Å². The van der Waals surface area contributed by atoms with Crippen LogP contribution in [0.5, 0.6) is 5.75 Å². The molecule has 0 saturated carbocycles. The fourth-order valence-electron chi connectivity index (χ4n) is 1.61. The van der Waals surface area contributed by atoms with E-state index in [1.807, 2.05) is 0 Å². The van der Waals surface area contributed by atoms with Crippen molar-refractivity contribution in [2.45, 2.75) is 26.5 Å². The number of aryl methyl sites for hydroxylation is 1. The quantitative estimate of drug-likeness (QED) is 0.272. The van der Waals surface area contributed by atoms with Gasteiger partial charge in [0.2, 0.25) is 0 Å². The second-order valence-corrected chi connectivity index (χ2v) is 5.67. The summed E-state index contributed by atoms with van der Waals surface area (Å²) in [5.74, 6) is -0.413. The molecule has 20 heavy (non-hydrogen) atoms. The van der Waals surface area contributed by atoms with Gasteiger partial charge in [-0.15, -0.1) is 0 Å². The topological polar surface area (TPSA) is 123 Å². The Hall–Kier alpha value is -0.623. The number of rotatable bonds is 7. The van der Waals surface area contributed by atoms with Crippen molar-refractivity contribution in [1.82, 2.24) is 10.3 Å². The number of nitrogens with one attached hydrogen (secondary N) is 1. The third-order valence-electron chi connectivity index (χ3n) is 2.65. The Morgan fingerprint density at radius 3 is 2.65 bits per heavy atom. The summed E-state index contributed by atoms with van der Waals surface area (Å²) in [5.41, 5.74) is 1.49. The molecule has 0 radical (unpaired) electrons. The summed E-state index contributed by atoms with van der Waals surface area (Å²) in [7, 11) is -4.19. The van der Waals surface area contributed by atoms with E-state index in [2.05, 4.69) is 10.3 Å². The molecule has 1 heterocycles. The van der Waals surface area contributed by atoms with Gasteiger partial charge in [0, 0.05) is 29.6 Å². The fourth-order valence-corrected chi connectivity index (χ4v) is 2.10. The first-order chi connectivity index (χ1) is 8.85. The SMILES string of the molecule is Cc1ncc(CO)c(CNCCCS(=O)(=O)[O-])c1O.[Li+]. The predicted molar refractivity (Wildman–Crippen MR) is 67.4 cm³/mol. The third-order valence-corrected chi connectivity index (χ3v) is 3.44. The molecule has 0 saturated heterocycles. The first-order valence-corrected chi connectivity index (χ1v) is 7.34. The van der Waals surface area contributed by atoms with Crippen LogP contribution in [0.25, 0.3) is 0 Å². The van der Waals surface area contributed by atoms with Crippen molar-refractivity contribution in [2.24, 2.45) is 0 Å². The molecular formula is C11H17LiN2O5S. The molecule has 1 aromatic heterocycles. The Morgan fingerprint density at radius 2 is 2.10 bits per heavy atom. The molecule has 0 unspecified atom stereocenters. The third kappa shape index (κ3) is 6.22. The Labute approximate surface area is 130 Å². The Kier molecular flexibility index (Phi) is 8.35. The Bertz CT molecular complexity index is 536. The van der Waals surface area contributed by atoms with E-state index in [4.69, 9.17) is 5.11 Å². The number of hydrogen-bond acceptors (Lipinski definition) is 7. The molecule has 0 atom stereocenters. The summed E-state index contributed by atoms with van der Waals surface area (Å²) in [6.07, 6.45) is 1.68. The van der Waals surface area contributed by atoms with Crippen molar-refractivity contribution in [2.75, 3.05) is 12.3 Å². The van der Waals surface area contributed by atoms with Crippen LogP contribution in [0, 0.1) is 6.92 Å². The first-order valence-electron chi connectivity index (χ1n) is 5.76. The van der Waals surface area contributed by atoms with Gasteiger partial charge in [0.25, 0.3) is 0 Å². The molecule has 0 aromatic carbocycles. The molecule has 7 nitrogen and oxygen atoms in total. The van der Waals surface area contributed by atoms with E-state index < -0.39 is 15.9 Å². The zero-order valence-electron chi connectivity index (χ0n) is 11.6. The summed E-state index contributed by atoms with van der Waals surface area (Å²) in [6, 6.07) is 0. The van der Waals surface area contributed by atoms with Crippen LogP contribution in [-0.2, 0) is 23.3 Å². The van der Waals surface area contributed by atoms with E-state index in [1.54, 1.807) is 6.92 Å². The standard InChI is InChI=1S/C11H18N2O5S.Li/c1-8-11(15)10(9(7-14)5-13-8)6-12-3-2-4-19(16,17)18;/h5,12,14-15H,2-4,6-7H2,1H3,(H,16,17,18);/q;+1/p-1. The molecule has 0 amide bonds. The molecule has 0 aliphatic rings. The summed E-state index contributed by atoms with van der Waals surface area (Å²) in [4.78, 5) is 3.93. The smallest absolute Gasteiger partial charge is 0.748 e. The van der Waals surface area contributed by atoms with E-state index in [0.29, 0.717) is 23.4 Å². The molecule has 0 aliphatic carbocycles. The molecular weight excluding hydrogens is 279 g/mol. The summed E-state index contributed by atoms with van der Waals surface area (Å²) < 4.78 is 31.2. The van der Waals surface area contributed by atoms with Gasteiger partial charge in [0.1, 0.15) is 5.75 Å². The van der Waals surface area contributed by atoms with Crippen molar-refractivity contribution >= 4 is 10.1 Å². The molecule has 0 spiro atoms. The summed E-state index contributed by atoms with van der Waals surface area (Å²) in [5, 5.41) is 21.9. The molecule has 9 heteroatoms. The van der Waals surface area contributed by atoms with E-state index >= 15 is 0 Å². The number of aromatic hydroxyl groups is 1. The molecule has 0 bridgehead atoms. The Balaban J connectivity index is 0.00000361. The van der Waals surface area contributed by atoms with Gasteiger partial charge >= 0.3 is 18.9 Å². The Morgan fingerprint density at radius 1 is 1.45 bits per heavy atom. The monoisotopic (exact) mass is 296 g/mol. The average molecular weight is 296 g/mol. The number of nitrogens with zero attached hydrogens (tertiary/aromatic N) is 1. The fraction of sp³-hybridized carbons (Fsp3) is 0.545. The van der Waals surface area contributed by atoms with E-state index in [1.165, 1.54) is 6.20 Å². The molecule has 1 aromatic rings. The van der Waals surface area contributed by atoms with E-state index in [0.717, 1.165) is 0 Å². The van der Waals surface area contributed by atoms with Crippen LogP contribution in [0.2, 0.25) is 0 Å². The minimum absolute atomic E-state index is 0. The number of aliphatic hydroxyl groups excluding tert-OH is 1. The molecule has 0 aliphatic heterocycles. The van der Waals surface area contributed by atoms with Gasteiger partial charge in [0.15, 0.2) is 0 Å². The second-order valence-electron chi connectivity index (χ2n) is 4.15. The van der Waals surface area contributed by atoms with Gasteiger partial charge in [-0.25, -0.2) is 8.42 Å². The number of pyridine rings is 1. The normalized spacial score (nSPS) is 11.2.